The first-order valence-electron chi connectivity index (χ1n) is 7.47. The summed E-state index contributed by atoms with van der Waals surface area (Å²) in [5, 5.41) is 3.29. The molecule has 0 fully saturated rings. The first kappa shape index (κ1) is 15.6. The van der Waals surface area contributed by atoms with Gasteiger partial charge in [0.2, 0.25) is 0 Å². The smallest absolute Gasteiger partial charge is 0.146 e. The number of hydrogen-bond acceptors (Lipinski definition) is 1. The monoisotopic (exact) mass is 285 g/mol. The molecule has 2 heteroatoms. The summed E-state index contributed by atoms with van der Waals surface area (Å²) in [4.78, 5) is 0. The van der Waals surface area contributed by atoms with E-state index in [0.717, 1.165) is 12.0 Å². The highest BCUT2D eigenvalue weighted by atomic mass is 19.1. The molecule has 21 heavy (non-hydrogen) atoms. The second kappa shape index (κ2) is 6.30. The largest absolute Gasteiger partial charge is 0.380 e. The van der Waals surface area contributed by atoms with Crippen LogP contribution in [-0.2, 0) is 5.41 Å². The maximum Gasteiger partial charge on any atom is 0.146 e. The van der Waals surface area contributed by atoms with Crippen molar-refractivity contribution in [2.24, 2.45) is 0 Å². The summed E-state index contributed by atoms with van der Waals surface area (Å²) in [6.07, 6.45) is 0.935. The zero-order valence-electron chi connectivity index (χ0n) is 13.3. The van der Waals surface area contributed by atoms with Crippen LogP contribution < -0.4 is 5.32 Å². The number of anilines is 1. The topological polar surface area (TPSA) is 12.0 Å². The Labute approximate surface area is 127 Å². The highest BCUT2D eigenvalue weighted by molar-refractivity contribution is 5.47. The van der Waals surface area contributed by atoms with Crippen LogP contribution in [0.4, 0.5) is 10.1 Å². The lowest BCUT2D eigenvalue weighted by atomic mass is 9.79. The molecule has 0 spiro atoms. The molecule has 2 rings (SSSR count). The molecule has 0 aliphatic carbocycles. The number of benzene rings is 2. The summed E-state index contributed by atoms with van der Waals surface area (Å²) in [5.41, 5.74) is 2.88. The van der Waals surface area contributed by atoms with Crippen LogP contribution in [0.15, 0.2) is 48.5 Å². The number of rotatable bonds is 5. The summed E-state index contributed by atoms with van der Waals surface area (Å²) >= 11 is 0. The predicted octanol–water partition coefficient (Wildman–Crippen LogP) is 5.30. The van der Waals surface area contributed by atoms with Gasteiger partial charge in [-0.3, -0.25) is 0 Å². The molecule has 0 aliphatic heterocycles. The predicted molar refractivity (Wildman–Crippen MR) is 88.3 cm³/mol. The second-order valence-corrected chi connectivity index (χ2v) is 6.48. The van der Waals surface area contributed by atoms with Gasteiger partial charge < -0.3 is 5.32 Å². The van der Waals surface area contributed by atoms with Crippen LogP contribution in [0.1, 0.15) is 38.3 Å². The first-order chi connectivity index (χ1) is 9.88. The summed E-state index contributed by atoms with van der Waals surface area (Å²) < 4.78 is 13.9. The third kappa shape index (κ3) is 4.07. The molecule has 0 bridgehead atoms. The highest BCUT2D eigenvalue weighted by Crippen LogP contribution is 2.29. The van der Waals surface area contributed by atoms with E-state index in [1.54, 1.807) is 6.07 Å². The zero-order chi connectivity index (χ0) is 15.5. The van der Waals surface area contributed by atoms with Crippen molar-refractivity contribution < 1.29 is 4.39 Å². The van der Waals surface area contributed by atoms with E-state index in [1.807, 2.05) is 25.1 Å². The maximum absolute atomic E-state index is 13.9. The van der Waals surface area contributed by atoms with Crippen LogP contribution in [0, 0.1) is 12.7 Å². The average molecular weight is 285 g/mol. The minimum atomic E-state index is -0.181. The van der Waals surface area contributed by atoms with Crippen molar-refractivity contribution >= 4 is 5.69 Å². The van der Waals surface area contributed by atoms with Gasteiger partial charge in [-0.05, 0) is 48.9 Å². The van der Waals surface area contributed by atoms with Crippen LogP contribution >= 0.6 is 0 Å². The number of hydrogen-bond donors (Lipinski definition) is 1. The van der Waals surface area contributed by atoms with Gasteiger partial charge in [0, 0.05) is 6.04 Å². The third-order valence-corrected chi connectivity index (χ3v) is 3.90. The molecule has 0 aromatic heterocycles. The first-order valence-corrected chi connectivity index (χ1v) is 7.47. The Morgan fingerprint density at radius 3 is 2.38 bits per heavy atom. The Morgan fingerprint density at radius 2 is 1.76 bits per heavy atom. The summed E-state index contributed by atoms with van der Waals surface area (Å²) in [6.45, 7) is 8.46. The van der Waals surface area contributed by atoms with Crippen LogP contribution in [0.2, 0.25) is 0 Å². The zero-order valence-corrected chi connectivity index (χ0v) is 13.3. The van der Waals surface area contributed by atoms with Crippen molar-refractivity contribution in [2.75, 3.05) is 5.32 Å². The van der Waals surface area contributed by atoms with Crippen molar-refractivity contribution in [2.45, 2.75) is 45.6 Å². The van der Waals surface area contributed by atoms with Gasteiger partial charge in [-0.25, -0.2) is 4.39 Å². The number of aryl methyl sites for hydroxylation is 1. The van der Waals surface area contributed by atoms with Gasteiger partial charge in [-0.15, -0.1) is 0 Å². The van der Waals surface area contributed by atoms with E-state index in [9.17, 15) is 4.39 Å². The molecule has 1 atom stereocenters. The molecule has 0 saturated carbocycles. The molecular weight excluding hydrogens is 261 g/mol. The molecular formula is C19H24FN. The van der Waals surface area contributed by atoms with E-state index < -0.39 is 0 Å². The number of halogens is 1. The van der Waals surface area contributed by atoms with Crippen molar-refractivity contribution in [3.63, 3.8) is 0 Å². The van der Waals surface area contributed by atoms with Gasteiger partial charge >= 0.3 is 0 Å². The summed E-state index contributed by atoms with van der Waals surface area (Å²) in [7, 11) is 0. The van der Waals surface area contributed by atoms with E-state index in [-0.39, 0.29) is 17.3 Å². The fourth-order valence-corrected chi connectivity index (χ4v) is 2.83. The van der Waals surface area contributed by atoms with Crippen molar-refractivity contribution in [1.29, 1.82) is 0 Å². The lowest BCUT2D eigenvalue weighted by molar-refractivity contribution is 0.449. The molecule has 1 N–H and O–H groups in total. The van der Waals surface area contributed by atoms with Gasteiger partial charge in [0.1, 0.15) is 5.82 Å². The molecule has 0 amide bonds. The molecule has 0 radical (unpaired) electrons. The van der Waals surface area contributed by atoms with Crippen LogP contribution in [-0.4, -0.2) is 6.04 Å². The van der Waals surface area contributed by atoms with Crippen LogP contribution in [0.3, 0.4) is 0 Å². The van der Waals surface area contributed by atoms with Crippen molar-refractivity contribution in [3.05, 3.63) is 65.5 Å². The van der Waals surface area contributed by atoms with Gasteiger partial charge in [-0.1, -0.05) is 50.2 Å². The van der Waals surface area contributed by atoms with E-state index in [4.69, 9.17) is 0 Å². The Bertz CT molecular complexity index is 590. The Balaban J connectivity index is 2.06. The molecule has 2 aromatic rings. The van der Waals surface area contributed by atoms with Crippen LogP contribution in [0.25, 0.3) is 0 Å². The van der Waals surface area contributed by atoms with Crippen molar-refractivity contribution in [3.8, 4) is 0 Å². The molecule has 0 aliphatic rings. The van der Waals surface area contributed by atoms with E-state index in [0.29, 0.717) is 5.69 Å². The molecule has 112 valence electrons. The molecule has 0 saturated heterocycles. The van der Waals surface area contributed by atoms with Crippen molar-refractivity contribution in [1.82, 2.24) is 0 Å². The fraction of sp³-hybridized carbons (Fsp3) is 0.368. The van der Waals surface area contributed by atoms with E-state index in [2.05, 4.69) is 50.4 Å². The lowest BCUT2D eigenvalue weighted by Gasteiger charge is -2.29. The highest BCUT2D eigenvalue weighted by Gasteiger charge is 2.23. The Hall–Kier alpha value is -1.83. The number of nitrogens with one attached hydrogen (secondary N) is 1. The Kier molecular flexibility index (Phi) is 4.66. The van der Waals surface area contributed by atoms with Gasteiger partial charge in [0.05, 0.1) is 5.69 Å². The van der Waals surface area contributed by atoms with E-state index in [1.165, 1.54) is 5.56 Å². The molecule has 0 heterocycles. The molecule has 1 unspecified atom stereocenters. The van der Waals surface area contributed by atoms with E-state index >= 15 is 0 Å². The average Bonchev–Trinajstić information content (AvgIpc) is 2.42. The molecule has 2 aromatic carbocycles. The minimum absolute atomic E-state index is 0.0504. The SMILES string of the molecule is Cc1ccc(NC(C)CC(C)(C)c2ccccc2)c(F)c1. The normalized spacial score (nSPS) is 13.0. The maximum atomic E-state index is 13.9. The second-order valence-electron chi connectivity index (χ2n) is 6.48. The van der Waals surface area contributed by atoms with Gasteiger partial charge in [0.15, 0.2) is 0 Å². The lowest BCUT2D eigenvalue weighted by Crippen LogP contribution is -2.28. The fourth-order valence-electron chi connectivity index (χ4n) is 2.83. The standard InChI is InChI=1S/C19H24FN/c1-14-10-11-18(17(20)12-14)21-15(2)13-19(3,4)16-8-6-5-7-9-16/h5-12,15,21H,13H2,1-4H3. The Morgan fingerprint density at radius 1 is 1.10 bits per heavy atom. The third-order valence-electron chi connectivity index (χ3n) is 3.90. The summed E-state index contributed by atoms with van der Waals surface area (Å²) in [5.74, 6) is -0.181. The minimum Gasteiger partial charge on any atom is -0.380 e. The van der Waals surface area contributed by atoms with Gasteiger partial charge in [0.25, 0.3) is 0 Å². The molecule has 1 nitrogen and oxygen atoms in total. The quantitative estimate of drug-likeness (QED) is 0.785. The van der Waals surface area contributed by atoms with Gasteiger partial charge in [-0.2, -0.15) is 0 Å². The van der Waals surface area contributed by atoms with Crippen LogP contribution in [0.5, 0.6) is 0 Å². The summed E-state index contributed by atoms with van der Waals surface area (Å²) in [6, 6.07) is 16.0.